The van der Waals surface area contributed by atoms with E-state index in [1.165, 1.54) is 6.08 Å². The molecule has 0 aliphatic carbocycles. The first kappa shape index (κ1) is 23.1. The molecule has 6 nitrogen and oxygen atoms in total. The van der Waals surface area contributed by atoms with E-state index in [-0.39, 0.29) is 12.4 Å². The number of carboxylic acids is 1. The van der Waals surface area contributed by atoms with Crippen molar-refractivity contribution < 1.29 is 28.6 Å². The maximum absolute atomic E-state index is 12.8. The molecule has 6 heteroatoms. The molecule has 1 heterocycles. The molecular formula is C26H28O6. The number of ketones is 1. The van der Waals surface area contributed by atoms with E-state index in [9.17, 15) is 14.7 Å². The Kier molecular flexibility index (Phi) is 6.44. The van der Waals surface area contributed by atoms with Crippen LogP contribution in [0.15, 0.2) is 40.8 Å². The summed E-state index contributed by atoms with van der Waals surface area (Å²) in [7, 11) is 1.58. The minimum atomic E-state index is -0.988. The topological polar surface area (TPSA) is 86.0 Å². The van der Waals surface area contributed by atoms with Gasteiger partial charge in [-0.2, -0.15) is 0 Å². The van der Waals surface area contributed by atoms with Gasteiger partial charge in [-0.15, -0.1) is 0 Å². The maximum Gasteiger partial charge on any atom is 0.312 e. The third-order valence-corrected chi connectivity index (χ3v) is 5.44. The Morgan fingerprint density at radius 3 is 2.34 bits per heavy atom. The summed E-state index contributed by atoms with van der Waals surface area (Å²) in [5.74, 6) is 0.487. The van der Waals surface area contributed by atoms with Crippen LogP contribution in [0.1, 0.15) is 46.7 Å². The Balaban J connectivity index is 1.81. The number of allylic oxidation sites excluding steroid dienone is 1. The summed E-state index contributed by atoms with van der Waals surface area (Å²) in [5, 5.41) is 10.1. The number of aliphatic carboxylic acids is 1. The second-order valence-electron chi connectivity index (χ2n) is 8.58. The number of hydrogen-bond acceptors (Lipinski definition) is 5. The van der Waals surface area contributed by atoms with Gasteiger partial charge in [0.15, 0.2) is 5.76 Å². The largest absolute Gasteiger partial charge is 0.497 e. The first-order chi connectivity index (χ1) is 15.0. The van der Waals surface area contributed by atoms with Gasteiger partial charge in [0, 0.05) is 17.0 Å². The van der Waals surface area contributed by atoms with Crippen molar-refractivity contribution in [1.29, 1.82) is 0 Å². The zero-order valence-corrected chi connectivity index (χ0v) is 19.2. The summed E-state index contributed by atoms with van der Waals surface area (Å²) >= 11 is 0. The molecule has 3 aromatic rings. The van der Waals surface area contributed by atoms with E-state index in [0.29, 0.717) is 22.8 Å². The summed E-state index contributed by atoms with van der Waals surface area (Å²) < 4.78 is 16.8. The smallest absolute Gasteiger partial charge is 0.312 e. The lowest BCUT2D eigenvalue weighted by Gasteiger charge is -2.21. The number of fused-ring (bicyclic) bond motifs is 1. The minimum absolute atomic E-state index is 0.0633. The maximum atomic E-state index is 12.8. The average Bonchev–Trinajstić information content (AvgIpc) is 3.07. The first-order valence-corrected chi connectivity index (χ1v) is 10.3. The molecule has 0 fully saturated rings. The molecule has 0 unspecified atom stereocenters. The van der Waals surface area contributed by atoms with Crippen molar-refractivity contribution in [2.45, 2.75) is 34.6 Å². The van der Waals surface area contributed by atoms with Crippen LogP contribution in [0.4, 0.5) is 0 Å². The van der Waals surface area contributed by atoms with Gasteiger partial charge >= 0.3 is 5.97 Å². The normalized spacial score (nSPS) is 11.8. The highest BCUT2D eigenvalue weighted by molar-refractivity contribution is 6.08. The molecule has 0 atom stereocenters. The molecule has 1 aromatic heterocycles. The first-order valence-electron chi connectivity index (χ1n) is 10.3. The van der Waals surface area contributed by atoms with Gasteiger partial charge in [0.2, 0.25) is 5.78 Å². The Hall–Kier alpha value is -3.54. The fourth-order valence-corrected chi connectivity index (χ4v) is 3.44. The number of carboxylic acid groups (broad SMARTS) is 1. The van der Waals surface area contributed by atoms with Crippen LogP contribution in [-0.2, 0) is 4.79 Å². The Morgan fingerprint density at radius 1 is 1.09 bits per heavy atom. The zero-order chi connectivity index (χ0) is 23.6. The minimum Gasteiger partial charge on any atom is -0.497 e. The SMILES string of the molecule is COc1ccc2c(C)c(C(=O)/C=C/c3cc(C)c(OCC(C)(C)C(=O)O)c(C)c3)oc2c1. The summed E-state index contributed by atoms with van der Waals surface area (Å²) in [5.41, 5.74) is 2.98. The molecule has 0 amide bonds. The van der Waals surface area contributed by atoms with E-state index >= 15 is 0 Å². The van der Waals surface area contributed by atoms with Crippen LogP contribution in [0.3, 0.4) is 0 Å². The van der Waals surface area contributed by atoms with Crippen molar-refractivity contribution in [1.82, 2.24) is 0 Å². The van der Waals surface area contributed by atoms with Gasteiger partial charge in [-0.25, -0.2) is 0 Å². The standard InChI is InChI=1S/C26H28O6/c1-15-11-18(12-16(2)23(15)31-14-26(4,5)25(28)29)7-10-21(27)24-17(3)20-9-8-19(30-6)13-22(20)32-24/h7-13H,14H2,1-6H3,(H,28,29)/b10-7+. The molecule has 2 aromatic carbocycles. The molecule has 3 rings (SSSR count). The second kappa shape index (κ2) is 8.91. The average molecular weight is 437 g/mol. The van der Waals surface area contributed by atoms with Crippen LogP contribution in [-0.4, -0.2) is 30.6 Å². The Morgan fingerprint density at radius 2 is 1.75 bits per heavy atom. The van der Waals surface area contributed by atoms with Crippen molar-refractivity contribution >= 4 is 28.8 Å². The summed E-state index contributed by atoms with van der Waals surface area (Å²) in [6.07, 6.45) is 3.23. The molecule has 0 radical (unpaired) electrons. The quantitative estimate of drug-likeness (QED) is 0.357. The third-order valence-electron chi connectivity index (χ3n) is 5.44. The Bertz CT molecular complexity index is 1190. The zero-order valence-electron chi connectivity index (χ0n) is 19.2. The highest BCUT2D eigenvalue weighted by Gasteiger charge is 2.28. The number of carbonyl (C=O) groups excluding carboxylic acids is 1. The predicted molar refractivity (Wildman–Crippen MR) is 124 cm³/mol. The molecule has 0 saturated carbocycles. The van der Waals surface area contributed by atoms with E-state index in [1.807, 2.05) is 45.0 Å². The fourth-order valence-electron chi connectivity index (χ4n) is 3.44. The number of benzene rings is 2. The van der Waals surface area contributed by atoms with Crippen LogP contribution in [0.2, 0.25) is 0 Å². The number of aryl methyl sites for hydroxylation is 3. The third kappa shape index (κ3) is 4.69. The number of ether oxygens (including phenoxy) is 2. The van der Waals surface area contributed by atoms with Gasteiger partial charge in [0.1, 0.15) is 23.7 Å². The number of hydrogen-bond donors (Lipinski definition) is 1. The molecule has 0 aliphatic heterocycles. The van der Waals surface area contributed by atoms with Gasteiger partial charge < -0.3 is 19.0 Å². The molecule has 0 aliphatic rings. The van der Waals surface area contributed by atoms with Gasteiger partial charge in [0.05, 0.1) is 12.5 Å². The predicted octanol–water partition coefficient (Wildman–Crippen LogP) is 5.75. The molecule has 1 N–H and O–H groups in total. The molecule has 0 bridgehead atoms. The lowest BCUT2D eigenvalue weighted by Crippen LogP contribution is -2.31. The van der Waals surface area contributed by atoms with Gasteiger partial charge in [0.25, 0.3) is 0 Å². The molecule has 32 heavy (non-hydrogen) atoms. The summed E-state index contributed by atoms with van der Waals surface area (Å²) in [6, 6.07) is 9.28. The molecule has 168 valence electrons. The Labute approximate surface area is 187 Å². The number of furan rings is 1. The highest BCUT2D eigenvalue weighted by atomic mass is 16.5. The number of methoxy groups -OCH3 is 1. The van der Waals surface area contributed by atoms with E-state index in [0.717, 1.165) is 27.6 Å². The van der Waals surface area contributed by atoms with E-state index in [4.69, 9.17) is 13.9 Å². The number of rotatable bonds is 8. The van der Waals surface area contributed by atoms with E-state index < -0.39 is 11.4 Å². The lowest BCUT2D eigenvalue weighted by molar-refractivity contribution is -0.148. The monoisotopic (exact) mass is 436 g/mol. The molecule has 0 spiro atoms. The van der Waals surface area contributed by atoms with Crippen LogP contribution in [0, 0.1) is 26.2 Å². The fraction of sp³-hybridized carbons (Fsp3) is 0.308. The molecular weight excluding hydrogens is 408 g/mol. The van der Waals surface area contributed by atoms with Crippen LogP contribution >= 0.6 is 0 Å². The van der Waals surface area contributed by atoms with E-state index in [1.54, 1.807) is 33.1 Å². The van der Waals surface area contributed by atoms with Crippen LogP contribution in [0.5, 0.6) is 11.5 Å². The number of carbonyl (C=O) groups is 2. The van der Waals surface area contributed by atoms with Gasteiger partial charge in [-0.05, 0) is 81.7 Å². The summed E-state index contributed by atoms with van der Waals surface area (Å²) in [4.78, 5) is 24.1. The highest BCUT2D eigenvalue weighted by Crippen LogP contribution is 2.30. The summed E-state index contributed by atoms with van der Waals surface area (Å²) in [6.45, 7) is 8.96. The van der Waals surface area contributed by atoms with Crippen molar-refractivity contribution in [3.63, 3.8) is 0 Å². The van der Waals surface area contributed by atoms with E-state index in [2.05, 4.69) is 0 Å². The van der Waals surface area contributed by atoms with Crippen LogP contribution in [0.25, 0.3) is 17.0 Å². The van der Waals surface area contributed by atoms with Gasteiger partial charge in [-0.3, -0.25) is 9.59 Å². The molecule has 0 saturated heterocycles. The van der Waals surface area contributed by atoms with Crippen molar-refractivity contribution in [3.8, 4) is 11.5 Å². The lowest BCUT2D eigenvalue weighted by atomic mass is 9.95. The van der Waals surface area contributed by atoms with Crippen LogP contribution < -0.4 is 9.47 Å². The van der Waals surface area contributed by atoms with Crippen molar-refractivity contribution in [2.24, 2.45) is 5.41 Å². The van der Waals surface area contributed by atoms with Gasteiger partial charge in [-0.1, -0.05) is 6.08 Å². The van der Waals surface area contributed by atoms with Crippen molar-refractivity contribution in [2.75, 3.05) is 13.7 Å². The van der Waals surface area contributed by atoms with Crippen molar-refractivity contribution in [3.05, 3.63) is 64.4 Å². The second-order valence-corrected chi connectivity index (χ2v) is 8.58.